The average Bonchev–Trinajstić information content (AvgIpc) is 2.83. The molecule has 0 bridgehead atoms. The average molecular weight is 487 g/mol. The second kappa shape index (κ2) is 9.90. The molecule has 0 atom stereocenters. The molecule has 0 spiro atoms. The van der Waals surface area contributed by atoms with Gasteiger partial charge in [-0.05, 0) is 62.2 Å². The topological polar surface area (TPSA) is 75.7 Å². The number of ether oxygens (including phenoxy) is 1. The molecule has 1 amide bonds. The molecule has 1 N–H and O–H groups in total. The van der Waals surface area contributed by atoms with Gasteiger partial charge < -0.3 is 10.1 Å². The van der Waals surface area contributed by atoms with Crippen molar-refractivity contribution in [2.75, 3.05) is 18.4 Å². The van der Waals surface area contributed by atoms with Gasteiger partial charge in [-0.15, -0.1) is 0 Å². The van der Waals surface area contributed by atoms with E-state index in [2.05, 4.69) is 5.32 Å². The van der Waals surface area contributed by atoms with Gasteiger partial charge >= 0.3 is 0 Å². The molecule has 1 fully saturated rings. The Morgan fingerprint density at radius 2 is 1.68 bits per heavy atom. The Balaban J connectivity index is 1.41. The lowest BCUT2D eigenvalue weighted by molar-refractivity contribution is -0.120. The first-order valence-electron chi connectivity index (χ1n) is 10.8. The quantitative estimate of drug-likeness (QED) is 0.526. The number of hydrogen-bond donors (Lipinski definition) is 1. The van der Waals surface area contributed by atoms with Crippen molar-refractivity contribution in [1.82, 2.24) is 4.31 Å². The number of nitrogens with zero attached hydrogens (tertiary/aromatic N) is 1. The molecule has 3 aromatic carbocycles. The van der Waals surface area contributed by atoms with Crippen LogP contribution in [-0.4, -0.2) is 31.7 Å². The maximum absolute atomic E-state index is 14.0. The van der Waals surface area contributed by atoms with Gasteiger partial charge in [0, 0.05) is 19.0 Å². The van der Waals surface area contributed by atoms with Crippen LogP contribution in [0.2, 0.25) is 0 Å². The number of carbonyl (C=O) groups is 1. The number of sulfonamides is 1. The first-order chi connectivity index (χ1) is 16.2. The predicted octanol–water partition coefficient (Wildman–Crippen LogP) is 5.10. The number of aryl methyl sites for hydroxylation is 1. The molecular formula is C25H24F2N2O4S. The number of benzene rings is 3. The molecule has 9 heteroatoms. The highest BCUT2D eigenvalue weighted by molar-refractivity contribution is 7.89. The molecule has 1 aliphatic heterocycles. The van der Waals surface area contributed by atoms with E-state index in [-0.39, 0.29) is 31.8 Å². The Kier molecular flexibility index (Phi) is 6.95. The van der Waals surface area contributed by atoms with Gasteiger partial charge in [0.2, 0.25) is 15.9 Å². The van der Waals surface area contributed by atoms with Crippen molar-refractivity contribution in [3.8, 4) is 11.5 Å². The van der Waals surface area contributed by atoms with Gasteiger partial charge in [0.05, 0.1) is 5.69 Å². The van der Waals surface area contributed by atoms with Crippen LogP contribution in [0.4, 0.5) is 14.5 Å². The number of carbonyl (C=O) groups excluding carboxylic acids is 1. The smallest absolute Gasteiger partial charge is 0.246 e. The molecule has 1 heterocycles. The monoisotopic (exact) mass is 486 g/mol. The highest BCUT2D eigenvalue weighted by Crippen LogP contribution is 2.31. The largest absolute Gasteiger partial charge is 0.455 e. The summed E-state index contributed by atoms with van der Waals surface area (Å²) in [4.78, 5) is 12.2. The van der Waals surface area contributed by atoms with Crippen LogP contribution in [0, 0.1) is 24.5 Å². The van der Waals surface area contributed by atoms with E-state index in [0.717, 1.165) is 22.0 Å². The third-order valence-corrected chi connectivity index (χ3v) is 7.64. The van der Waals surface area contributed by atoms with E-state index in [1.54, 1.807) is 24.3 Å². The van der Waals surface area contributed by atoms with E-state index in [1.165, 1.54) is 0 Å². The van der Waals surface area contributed by atoms with Crippen LogP contribution in [0.25, 0.3) is 0 Å². The van der Waals surface area contributed by atoms with E-state index in [4.69, 9.17) is 4.74 Å². The minimum atomic E-state index is -4.20. The second-order valence-corrected chi connectivity index (χ2v) is 10.1. The molecule has 1 aliphatic rings. The van der Waals surface area contributed by atoms with Crippen LogP contribution in [0.3, 0.4) is 0 Å². The molecule has 178 valence electrons. The number of para-hydroxylation sites is 2. The van der Waals surface area contributed by atoms with Gasteiger partial charge in [-0.1, -0.05) is 29.8 Å². The summed E-state index contributed by atoms with van der Waals surface area (Å²) in [6.45, 7) is 2.03. The van der Waals surface area contributed by atoms with Crippen LogP contribution in [0.15, 0.2) is 71.6 Å². The number of halogens is 2. The molecule has 34 heavy (non-hydrogen) atoms. The van der Waals surface area contributed by atoms with Gasteiger partial charge in [0.15, 0.2) is 5.75 Å². The van der Waals surface area contributed by atoms with Crippen molar-refractivity contribution in [3.63, 3.8) is 0 Å². The summed E-state index contributed by atoms with van der Waals surface area (Å²) in [5, 5.41) is 2.87. The first-order valence-corrected chi connectivity index (χ1v) is 12.3. The summed E-state index contributed by atoms with van der Waals surface area (Å²) in [5.74, 6) is -1.41. The molecular weight excluding hydrogens is 462 g/mol. The zero-order valence-corrected chi connectivity index (χ0v) is 19.3. The normalized spacial score (nSPS) is 15.1. The van der Waals surface area contributed by atoms with E-state index in [0.29, 0.717) is 23.3 Å². The van der Waals surface area contributed by atoms with Crippen molar-refractivity contribution < 1.29 is 26.7 Å². The Hall–Kier alpha value is -3.30. The summed E-state index contributed by atoms with van der Waals surface area (Å²) in [7, 11) is -4.20. The van der Waals surface area contributed by atoms with Crippen molar-refractivity contribution in [2.45, 2.75) is 24.7 Å². The Bertz CT molecular complexity index is 1290. The minimum Gasteiger partial charge on any atom is -0.455 e. The SMILES string of the molecule is Cc1ccc(Oc2ccccc2NC(=O)C2CCN(S(=O)(=O)c3cc(F)ccc3F)CC2)cc1. The maximum Gasteiger partial charge on any atom is 0.246 e. The Morgan fingerprint density at radius 1 is 1.00 bits per heavy atom. The summed E-state index contributed by atoms with van der Waals surface area (Å²) < 4.78 is 60.1. The minimum absolute atomic E-state index is 0.0257. The number of hydrogen-bond acceptors (Lipinski definition) is 4. The van der Waals surface area contributed by atoms with Gasteiger partial charge in [-0.2, -0.15) is 4.31 Å². The molecule has 0 aromatic heterocycles. The first kappa shape index (κ1) is 23.8. The van der Waals surface area contributed by atoms with Crippen LogP contribution in [0.1, 0.15) is 18.4 Å². The van der Waals surface area contributed by atoms with Gasteiger partial charge in [0.25, 0.3) is 0 Å². The lowest BCUT2D eigenvalue weighted by atomic mass is 9.97. The van der Waals surface area contributed by atoms with E-state index >= 15 is 0 Å². The molecule has 0 radical (unpaired) electrons. The molecule has 0 unspecified atom stereocenters. The lowest BCUT2D eigenvalue weighted by Crippen LogP contribution is -2.41. The fraction of sp³-hybridized carbons (Fsp3) is 0.240. The van der Waals surface area contributed by atoms with E-state index < -0.39 is 32.5 Å². The summed E-state index contributed by atoms with van der Waals surface area (Å²) in [5.41, 5.74) is 1.60. The number of amides is 1. The molecule has 0 aliphatic carbocycles. The molecule has 4 rings (SSSR count). The third kappa shape index (κ3) is 5.26. The van der Waals surface area contributed by atoms with Crippen LogP contribution in [-0.2, 0) is 14.8 Å². The fourth-order valence-corrected chi connectivity index (χ4v) is 5.34. The van der Waals surface area contributed by atoms with Crippen molar-refractivity contribution in [1.29, 1.82) is 0 Å². The van der Waals surface area contributed by atoms with E-state index in [9.17, 15) is 22.0 Å². The number of piperidine rings is 1. The summed E-state index contributed by atoms with van der Waals surface area (Å²) >= 11 is 0. The number of anilines is 1. The molecule has 6 nitrogen and oxygen atoms in total. The highest BCUT2D eigenvalue weighted by Gasteiger charge is 2.34. The van der Waals surface area contributed by atoms with Crippen molar-refractivity contribution in [3.05, 3.63) is 83.9 Å². The zero-order valence-electron chi connectivity index (χ0n) is 18.5. The molecule has 1 saturated heterocycles. The number of nitrogens with one attached hydrogen (secondary N) is 1. The van der Waals surface area contributed by atoms with Crippen molar-refractivity contribution >= 4 is 21.6 Å². The number of rotatable bonds is 6. The van der Waals surface area contributed by atoms with Crippen LogP contribution >= 0.6 is 0 Å². The standard InChI is InChI=1S/C25H24F2N2O4S/c1-17-6-9-20(10-7-17)33-23-5-3-2-4-22(23)28-25(30)18-12-14-29(15-13-18)34(31,32)24-16-19(26)8-11-21(24)27/h2-11,16,18H,12-15H2,1H3,(H,28,30). The highest BCUT2D eigenvalue weighted by atomic mass is 32.2. The van der Waals surface area contributed by atoms with Gasteiger partial charge in [-0.25, -0.2) is 17.2 Å². The summed E-state index contributed by atoms with van der Waals surface area (Å²) in [6, 6.07) is 16.9. The third-order valence-electron chi connectivity index (χ3n) is 5.73. The Morgan fingerprint density at radius 3 is 2.38 bits per heavy atom. The maximum atomic E-state index is 14.0. The predicted molar refractivity (Wildman–Crippen MR) is 124 cm³/mol. The van der Waals surface area contributed by atoms with Gasteiger partial charge in [-0.3, -0.25) is 4.79 Å². The zero-order chi connectivity index (χ0) is 24.3. The van der Waals surface area contributed by atoms with Crippen molar-refractivity contribution in [2.24, 2.45) is 5.92 Å². The Labute approximate surface area is 197 Å². The van der Waals surface area contributed by atoms with Crippen LogP contribution in [0.5, 0.6) is 11.5 Å². The second-order valence-electron chi connectivity index (χ2n) is 8.15. The molecule has 3 aromatic rings. The van der Waals surface area contributed by atoms with Crippen LogP contribution < -0.4 is 10.1 Å². The van der Waals surface area contributed by atoms with E-state index in [1.807, 2.05) is 31.2 Å². The fourth-order valence-electron chi connectivity index (χ4n) is 3.80. The lowest BCUT2D eigenvalue weighted by Gasteiger charge is -2.30. The molecule has 0 saturated carbocycles. The van der Waals surface area contributed by atoms with Gasteiger partial charge in [0.1, 0.15) is 22.3 Å². The summed E-state index contributed by atoms with van der Waals surface area (Å²) in [6.07, 6.45) is 0.506.